The molecule has 33 heavy (non-hydrogen) atoms. The van der Waals surface area contributed by atoms with Crippen LogP contribution in [0.1, 0.15) is 43.2 Å². The Labute approximate surface area is 199 Å². The third-order valence-electron chi connectivity index (χ3n) is 6.20. The molecule has 2 aromatic carbocycles. The van der Waals surface area contributed by atoms with E-state index in [4.69, 9.17) is 0 Å². The van der Waals surface area contributed by atoms with E-state index in [-0.39, 0.29) is 11.9 Å². The summed E-state index contributed by atoms with van der Waals surface area (Å²) in [4.78, 5) is 17.4. The summed E-state index contributed by atoms with van der Waals surface area (Å²) in [6, 6.07) is 21.2. The molecule has 0 unspecified atom stereocenters. The van der Waals surface area contributed by atoms with Crippen molar-refractivity contribution in [3.05, 3.63) is 83.9 Å². The fraction of sp³-hybridized carbons (Fsp3) is 0.464. The van der Waals surface area contributed by atoms with Gasteiger partial charge in [-0.15, -0.1) is 0 Å². The largest absolute Gasteiger partial charge is 0.338 e. The lowest BCUT2D eigenvalue weighted by molar-refractivity contribution is 0.199. The van der Waals surface area contributed by atoms with Gasteiger partial charge in [-0.1, -0.05) is 74.2 Å². The Morgan fingerprint density at radius 1 is 1.06 bits per heavy atom. The molecule has 5 nitrogen and oxygen atoms in total. The van der Waals surface area contributed by atoms with Crippen LogP contribution in [0.2, 0.25) is 0 Å². The van der Waals surface area contributed by atoms with Crippen molar-refractivity contribution in [1.29, 1.82) is 0 Å². The summed E-state index contributed by atoms with van der Waals surface area (Å²) in [6.07, 6.45) is 2.95. The van der Waals surface area contributed by atoms with Crippen LogP contribution in [0.5, 0.6) is 0 Å². The Kier molecular flexibility index (Phi) is 10.5. The van der Waals surface area contributed by atoms with Gasteiger partial charge in [0.05, 0.1) is 0 Å². The number of hydrogen-bond acceptors (Lipinski definition) is 3. The van der Waals surface area contributed by atoms with E-state index in [1.54, 1.807) is 0 Å². The highest BCUT2D eigenvalue weighted by Gasteiger charge is 2.20. The van der Waals surface area contributed by atoms with Crippen molar-refractivity contribution in [3.63, 3.8) is 0 Å². The zero-order valence-electron chi connectivity index (χ0n) is 20.1. The average Bonchev–Trinajstić information content (AvgIpc) is 3.12. The van der Waals surface area contributed by atoms with Crippen molar-refractivity contribution in [1.82, 2.24) is 20.4 Å². The molecular formula is C28H40N4O. The molecule has 5 heteroatoms. The van der Waals surface area contributed by atoms with Crippen molar-refractivity contribution >= 4 is 6.03 Å². The predicted molar refractivity (Wildman–Crippen MR) is 138 cm³/mol. The molecule has 178 valence electrons. The van der Waals surface area contributed by atoms with Crippen molar-refractivity contribution < 1.29 is 4.79 Å². The molecule has 1 heterocycles. The fourth-order valence-corrected chi connectivity index (χ4v) is 4.47. The molecule has 0 saturated carbocycles. The normalized spacial score (nSPS) is 14.6. The summed E-state index contributed by atoms with van der Waals surface area (Å²) in [5.41, 5.74) is 3.67. The van der Waals surface area contributed by atoms with Crippen molar-refractivity contribution in [2.75, 3.05) is 52.4 Å². The second-order valence-electron chi connectivity index (χ2n) is 8.95. The van der Waals surface area contributed by atoms with E-state index < -0.39 is 0 Å². The Morgan fingerprint density at radius 3 is 2.36 bits per heavy atom. The fourth-order valence-electron chi connectivity index (χ4n) is 4.47. The number of carbonyl (C=O) groups excluding carboxylic acids is 1. The molecule has 2 N–H and O–H groups in total. The maximum atomic E-state index is 13.0. The smallest absolute Gasteiger partial charge is 0.317 e. The number of benzene rings is 2. The van der Waals surface area contributed by atoms with Gasteiger partial charge in [0.15, 0.2) is 0 Å². The number of urea groups is 1. The van der Waals surface area contributed by atoms with Gasteiger partial charge in [-0.05, 0) is 49.1 Å². The SMILES string of the molecule is C=C(CN1CCCNCC1)CN(CCC(c1ccccc1)c1ccccc1)C(=O)NCCC. The van der Waals surface area contributed by atoms with Gasteiger partial charge in [-0.3, -0.25) is 4.90 Å². The summed E-state index contributed by atoms with van der Waals surface area (Å²) in [5.74, 6) is 0.249. The Bertz CT molecular complexity index is 792. The second kappa shape index (κ2) is 13.8. The Balaban J connectivity index is 1.68. The summed E-state index contributed by atoms with van der Waals surface area (Å²) in [7, 11) is 0. The highest BCUT2D eigenvalue weighted by atomic mass is 16.2. The number of amides is 2. The number of rotatable bonds is 11. The van der Waals surface area contributed by atoms with Crippen molar-refractivity contribution in [2.24, 2.45) is 0 Å². The van der Waals surface area contributed by atoms with E-state index in [2.05, 4.69) is 89.7 Å². The molecule has 0 spiro atoms. The van der Waals surface area contributed by atoms with Crippen LogP contribution in [0.15, 0.2) is 72.8 Å². The lowest BCUT2D eigenvalue weighted by Gasteiger charge is -2.29. The van der Waals surface area contributed by atoms with Gasteiger partial charge in [0, 0.05) is 45.2 Å². The zero-order chi connectivity index (χ0) is 23.3. The molecule has 2 amide bonds. The molecule has 1 aliphatic rings. The zero-order valence-corrected chi connectivity index (χ0v) is 20.1. The van der Waals surface area contributed by atoms with Crippen LogP contribution in [-0.2, 0) is 0 Å². The van der Waals surface area contributed by atoms with Crippen LogP contribution in [0, 0.1) is 0 Å². The van der Waals surface area contributed by atoms with E-state index in [0.717, 1.165) is 57.6 Å². The first-order valence-electron chi connectivity index (χ1n) is 12.4. The standard InChI is InChI=1S/C28H40N4O/c1-3-16-30-28(33)32(23-24(2)22-31-19-10-17-29-18-21-31)20-15-27(25-11-6-4-7-12-25)26-13-8-5-9-14-26/h4-9,11-14,27,29H,2-3,10,15-23H2,1H3,(H,30,33). The van der Waals surface area contributed by atoms with Crippen LogP contribution in [-0.4, -0.2) is 68.2 Å². The second-order valence-corrected chi connectivity index (χ2v) is 8.95. The number of nitrogens with zero attached hydrogens (tertiary/aromatic N) is 2. The predicted octanol–water partition coefficient (Wildman–Crippen LogP) is 4.48. The summed E-state index contributed by atoms with van der Waals surface area (Å²) in [6.45, 7) is 13.5. The molecule has 0 radical (unpaired) electrons. The molecule has 0 bridgehead atoms. The molecule has 1 fully saturated rings. The highest BCUT2D eigenvalue weighted by molar-refractivity contribution is 5.74. The third-order valence-corrected chi connectivity index (χ3v) is 6.20. The molecule has 3 rings (SSSR count). The third kappa shape index (κ3) is 8.34. The number of nitrogens with one attached hydrogen (secondary N) is 2. The molecule has 1 saturated heterocycles. The Morgan fingerprint density at radius 2 is 1.73 bits per heavy atom. The molecular weight excluding hydrogens is 408 g/mol. The van der Waals surface area contributed by atoms with E-state index >= 15 is 0 Å². The van der Waals surface area contributed by atoms with Gasteiger partial charge in [0.25, 0.3) is 0 Å². The van der Waals surface area contributed by atoms with Gasteiger partial charge in [0.2, 0.25) is 0 Å². The lowest BCUT2D eigenvalue weighted by atomic mass is 9.88. The van der Waals surface area contributed by atoms with Crippen LogP contribution in [0.3, 0.4) is 0 Å². The van der Waals surface area contributed by atoms with E-state index in [1.165, 1.54) is 11.1 Å². The summed E-state index contributed by atoms with van der Waals surface area (Å²) < 4.78 is 0. The van der Waals surface area contributed by atoms with Crippen LogP contribution in [0.25, 0.3) is 0 Å². The number of hydrogen-bond donors (Lipinski definition) is 2. The minimum absolute atomic E-state index is 0.00964. The van der Waals surface area contributed by atoms with E-state index in [9.17, 15) is 4.79 Å². The van der Waals surface area contributed by atoms with Crippen LogP contribution < -0.4 is 10.6 Å². The topological polar surface area (TPSA) is 47.6 Å². The summed E-state index contributed by atoms with van der Waals surface area (Å²) >= 11 is 0. The quantitative estimate of drug-likeness (QED) is 0.498. The first-order chi connectivity index (χ1) is 16.2. The monoisotopic (exact) mass is 448 g/mol. The first-order valence-corrected chi connectivity index (χ1v) is 12.4. The molecule has 0 aliphatic carbocycles. The van der Waals surface area contributed by atoms with Gasteiger partial charge < -0.3 is 15.5 Å². The van der Waals surface area contributed by atoms with Crippen molar-refractivity contribution in [2.45, 2.75) is 32.1 Å². The van der Waals surface area contributed by atoms with Gasteiger partial charge >= 0.3 is 6.03 Å². The minimum Gasteiger partial charge on any atom is -0.338 e. The lowest BCUT2D eigenvalue weighted by Crippen LogP contribution is -2.43. The number of carbonyl (C=O) groups is 1. The average molecular weight is 449 g/mol. The maximum absolute atomic E-state index is 13.0. The highest BCUT2D eigenvalue weighted by Crippen LogP contribution is 2.28. The molecule has 0 aromatic heterocycles. The molecule has 2 aromatic rings. The first kappa shape index (κ1) is 25.0. The van der Waals surface area contributed by atoms with Crippen LogP contribution in [0.4, 0.5) is 4.79 Å². The minimum atomic E-state index is 0.00964. The Hall–Kier alpha value is -2.63. The molecule has 1 aliphatic heterocycles. The van der Waals surface area contributed by atoms with Gasteiger partial charge in [-0.2, -0.15) is 0 Å². The van der Waals surface area contributed by atoms with Crippen LogP contribution >= 0.6 is 0 Å². The van der Waals surface area contributed by atoms with E-state index in [0.29, 0.717) is 19.6 Å². The van der Waals surface area contributed by atoms with Crippen molar-refractivity contribution in [3.8, 4) is 0 Å². The maximum Gasteiger partial charge on any atom is 0.317 e. The molecule has 0 atom stereocenters. The van der Waals surface area contributed by atoms with Gasteiger partial charge in [0.1, 0.15) is 0 Å². The van der Waals surface area contributed by atoms with Gasteiger partial charge in [-0.25, -0.2) is 4.79 Å². The van der Waals surface area contributed by atoms with E-state index in [1.807, 2.05) is 4.90 Å². The summed E-state index contributed by atoms with van der Waals surface area (Å²) in [5, 5.41) is 6.53.